The number of alkyl halides is 2. The molecule has 2 amide bonds. The molecular formula is C16H25FINO6. The van der Waals surface area contributed by atoms with E-state index in [9.17, 15) is 14.4 Å². The van der Waals surface area contributed by atoms with Crippen molar-refractivity contribution in [2.45, 2.75) is 70.4 Å². The maximum Gasteiger partial charge on any atom is 0.420 e. The number of carbonyl (C=O) groups excluding carboxylic acids is 3. The molecule has 25 heavy (non-hydrogen) atoms. The van der Waals surface area contributed by atoms with Gasteiger partial charge in [0.15, 0.2) is 11.2 Å². The van der Waals surface area contributed by atoms with Crippen LogP contribution in [0.3, 0.4) is 0 Å². The Morgan fingerprint density at radius 1 is 1.04 bits per heavy atom. The zero-order valence-corrected chi connectivity index (χ0v) is 17.7. The van der Waals surface area contributed by atoms with Gasteiger partial charge in [0.2, 0.25) is 0 Å². The lowest BCUT2D eigenvalue weighted by Crippen LogP contribution is -2.57. The number of hydrogen-bond donors (Lipinski definition) is 0. The van der Waals surface area contributed by atoms with Crippen LogP contribution in [0.1, 0.15) is 48.0 Å². The van der Waals surface area contributed by atoms with Gasteiger partial charge in [-0.05, 0) is 41.5 Å². The van der Waals surface area contributed by atoms with Gasteiger partial charge in [0.1, 0.15) is 11.2 Å². The van der Waals surface area contributed by atoms with Crippen LogP contribution >= 0.6 is 22.6 Å². The highest BCUT2D eigenvalue weighted by atomic mass is 127. The Kier molecular flexibility index (Phi) is 6.03. The van der Waals surface area contributed by atoms with E-state index in [-0.39, 0.29) is 10.8 Å². The minimum atomic E-state index is -2.10. The Morgan fingerprint density at radius 2 is 1.44 bits per heavy atom. The molecule has 9 heteroatoms. The van der Waals surface area contributed by atoms with E-state index < -0.39 is 40.6 Å². The Morgan fingerprint density at radius 3 is 1.68 bits per heavy atom. The highest BCUT2D eigenvalue weighted by Crippen LogP contribution is 2.57. The largest absolute Gasteiger partial charge is 0.467 e. The van der Waals surface area contributed by atoms with Crippen molar-refractivity contribution in [1.82, 2.24) is 4.90 Å². The lowest BCUT2D eigenvalue weighted by Gasteiger charge is -2.33. The summed E-state index contributed by atoms with van der Waals surface area (Å²) < 4.78 is 30.0. The minimum absolute atomic E-state index is 0.109. The van der Waals surface area contributed by atoms with Crippen LogP contribution in [0.25, 0.3) is 0 Å². The van der Waals surface area contributed by atoms with Crippen LogP contribution in [0.15, 0.2) is 0 Å². The lowest BCUT2D eigenvalue weighted by molar-refractivity contribution is -0.150. The highest BCUT2D eigenvalue weighted by molar-refractivity contribution is 14.1. The van der Waals surface area contributed by atoms with Crippen molar-refractivity contribution in [3.05, 3.63) is 0 Å². The molecule has 0 heterocycles. The lowest BCUT2D eigenvalue weighted by atomic mass is 10.1. The molecule has 0 aliphatic heterocycles. The van der Waals surface area contributed by atoms with E-state index in [4.69, 9.17) is 9.47 Å². The van der Waals surface area contributed by atoms with E-state index in [1.165, 1.54) is 0 Å². The van der Waals surface area contributed by atoms with E-state index in [0.29, 0.717) is 4.90 Å². The standard InChI is InChI=1S/C16H25FINO6/c1-13(2,3)24-11(21)19(12(22)25-14(4,5)6)16(10(20)23-7)8-15(16,17)9-18/h8-9H2,1-7H3. The molecule has 144 valence electrons. The molecule has 2 unspecified atom stereocenters. The molecule has 1 aliphatic rings. The number of ether oxygens (including phenoxy) is 3. The van der Waals surface area contributed by atoms with Gasteiger partial charge in [0.05, 0.1) is 7.11 Å². The van der Waals surface area contributed by atoms with Crippen LogP contribution in [0.2, 0.25) is 0 Å². The van der Waals surface area contributed by atoms with Crippen molar-refractivity contribution < 1.29 is 33.0 Å². The summed E-state index contributed by atoms with van der Waals surface area (Å²) in [7, 11) is 1.07. The Balaban J connectivity index is 3.37. The van der Waals surface area contributed by atoms with Gasteiger partial charge in [-0.3, -0.25) is 0 Å². The Labute approximate surface area is 160 Å². The zero-order chi connectivity index (χ0) is 19.8. The molecule has 1 aliphatic carbocycles. The van der Waals surface area contributed by atoms with E-state index in [1.807, 2.05) is 0 Å². The molecule has 0 aromatic carbocycles. The van der Waals surface area contributed by atoms with Crippen LogP contribution in [0.4, 0.5) is 14.0 Å². The molecule has 0 bridgehead atoms. The molecule has 0 radical (unpaired) electrons. The van der Waals surface area contributed by atoms with E-state index in [1.54, 1.807) is 64.1 Å². The predicted molar refractivity (Wildman–Crippen MR) is 96.4 cm³/mol. The summed E-state index contributed by atoms with van der Waals surface area (Å²) in [6.07, 6.45) is -2.68. The number of amides is 2. The Bertz CT molecular complexity index is 542. The van der Waals surface area contributed by atoms with E-state index in [2.05, 4.69) is 4.74 Å². The van der Waals surface area contributed by atoms with Crippen LogP contribution in [-0.4, -0.2) is 57.0 Å². The van der Waals surface area contributed by atoms with Crippen LogP contribution < -0.4 is 0 Å². The average molecular weight is 473 g/mol. The smallest absolute Gasteiger partial charge is 0.420 e. The van der Waals surface area contributed by atoms with Crippen LogP contribution in [-0.2, 0) is 19.0 Å². The third-order valence-corrected chi connectivity index (χ3v) is 4.63. The molecule has 1 saturated carbocycles. The number of nitrogens with zero attached hydrogens (tertiary/aromatic N) is 1. The summed E-state index contributed by atoms with van der Waals surface area (Å²) in [5.41, 5.74) is -6.10. The molecule has 1 fully saturated rings. The molecule has 0 aromatic rings. The van der Waals surface area contributed by atoms with Gasteiger partial charge in [-0.1, -0.05) is 22.6 Å². The number of halogens is 2. The monoisotopic (exact) mass is 473 g/mol. The first-order valence-electron chi connectivity index (χ1n) is 7.73. The van der Waals surface area contributed by atoms with Gasteiger partial charge in [0.25, 0.3) is 0 Å². The van der Waals surface area contributed by atoms with Crippen molar-refractivity contribution >= 4 is 40.7 Å². The van der Waals surface area contributed by atoms with Crippen molar-refractivity contribution in [3.63, 3.8) is 0 Å². The predicted octanol–water partition coefficient (Wildman–Crippen LogP) is 3.62. The van der Waals surface area contributed by atoms with Gasteiger partial charge in [-0.25, -0.2) is 18.8 Å². The zero-order valence-electron chi connectivity index (χ0n) is 15.6. The summed E-state index contributed by atoms with van der Waals surface area (Å²) >= 11 is 1.75. The molecule has 0 spiro atoms. The van der Waals surface area contributed by atoms with Gasteiger partial charge in [-0.15, -0.1) is 0 Å². The fourth-order valence-electron chi connectivity index (χ4n) is 2.32. The summed E-state index contributed by atoms with van der Waals surface area (Å²) in [6, 6.07) is 0. The molecule has 0 aromatic heterocycles. The number of esters is 1. The normalized spacial score (nSPS) is 25.8. The molecule has 0 saturated heterocycles. The van der Waals surface area contributed by atoms with E-state index in [0.717, 1.165) is 7.11 Å². The second kappa shape index (κ2) is 6.88. The van der Waals surface area contributed by atoms with Gasteiger partial charge >= 0.3 is 18.2 Å². The van der Waals surface area contributed by atoms with Gasteiger partial charge in [0, 0.05) is 10.8 Å². The first kappa shape index (κ1) is 21.9. The third kappa shape index (κ3) is 4.53. The van der Waals surface area contributed by atoms with Gasteiger partial charge < -0.3 is 14.2 Å². The number of methoxy groups -OCH3 is 1. The van der Waals surface area contributed by atoms with Gasteiger partial charge in [-0.2, -0.15) is 4.90 Å². The molecule has 7 nitrogen and oxygen atoms in total. The molecular weight excluding hydrogens is 448 g/mol. The topological polar surface area (TPSA) is 82.1 Å². The van der Waals surface area contributed by atoms with Crippen molar-refractivity contribution in [3.8, 4) is 0 Å². The number of carbonyl (C=O) groups is 3. The summed E-state index contributed by atoms with van der Waals surface area (Å²) in [5, 5.41) is 0. The molecule has 2 atom stereocenters. The number of hydrogen-bond acceptors (Lipinski definition) is 6. The summed E-state index contributed by atoms with van der Waals surface area (Å²) in [4.78, 5) is 38.0. The first-order valence-corrected chi connectivity index (χ1v) is 9.25. The summed E-state index contributed by atoms with van der Waals surface area (Å²) in [6.45, 7) is 9.56. The van der Waals surface area contributed by atoms with Crippen molar-refractivity contribution in [2.24, 2.45) is 0 Å². The van der Waals surface area contributed by atoms with Crippen molar-refractivity contribution in [2.75, 3.05) is 11.5 Å². The molecule has 1 rings (SSSR count). The second-order valence-corrected chi connectivity index (χ2v) is 8.69. The van der Waals surface area contributed by atoms with Crippen molar-refractivity contribution in [1.29, 1.82) is 0 Å². The highest BCUT2D eigenvalue weighted by Gasteiger charge is 2.80. The van der Waals surface area contributed by atoms with E-state index >= 15 is 4.39 Å². The maximum atomic E-state index is 15.1. The average Bonchev–Trinajstić information content (AvgIpc) is 3.01. The summed E-state index contributed by atoms with van der Waals surface area (Å²) in [5.74, 6) is -1.02. The maximum absolute atomic E-state index is 15.1. The fourth-order valence-corrected chi connectivity index (χ4v) is 3.22. The SMILES string of the molecule is COC(=O)C1(N(C(=O)OC(C)(C)C)C(=O)OC(C)(C)C)CC1(F)CI. The molecule has 0 N–H and O–H groups in total. The minimum Gasteiger partial charge on any atom is -0.467 e. The first-order chi connectivity index (χ1) is 11.1. The Hall–Kier alpha value is -1.13. The second-order valence-electron chi connectivity index (χ2n) is 7.92. The van der Waals surface area contributed by atoms with Crippen LogP contribution in [0.5, 0.6) is 0 Å². The number of imide groups is 1. The fraction of sp³-hybridized carbons (Fsp3) is 0.812. The quantitative estimate of drug-likeness (QED) is 0.270. The van der Waals surface area contributed by atoms with Crippen LogP contribution in [0, 0.1) is 0 Å². The number of rotatable bonds is 3. The third-order valence-electron chi connectivity index (χ3n) is 3.42.